The molecule has 20 heavy (non-hydrogen) atoms. The van der Waals surface area contributed by atoms with E-state index in [-0.39, 0.29) is 5.56 Å². The Kier molecular flexibility index (Phi) is 3.23. The Morgan fingerprint density at radius 2 is 2.00 bits per heavy atom. The van der Waals surface area contributed by atoms with E-state index in [0.717, 1.165) is 21.2 Å². The molecule has 0 radical (unpaired) electrons. The molecule has 2 aromatic heterocycles. The number of pyridine rings is 1. The maximum absolute atomic E-state index is 10.8. The van der Waals surface area contributed by atoms with Crippen LogP contribution in [0.25, 0.3) is 11.2 Å². The fourth-order valence-corrected chi connectivity index (χ4v) is 2.31. The Labute approximate surface area is 123 Å². The highest BCUT2D eigenvalue weighted by Crippen LogP contribution is 2.17. The molecule has 0 saturated heterocycles. The van der Waals surface area contributed by atoms with Crippen molar-refractivity contribution in [2.24, 2.45) is 0 Å². The van der Waals surface area contributed by atoms with Gasteiger partial charge in [-0.25, -0.2) is 14.8 Å². The fourth-order valence-electron chi connectivity index (χ4n) is 1.99. The van der Waals surface area contributed by atoms with E-state index < -0.39 is 5.97 Å². The second-order valence-electron chi connectivity index (χ2n) is 4.37. The minimum atomic E-state index is -0.920. The standard InChI is InChI=1S/C14H10BrN3O2/c15-11-5-12-13(16-6-11)18(8-17-12)7-9-1-3-10(4-2-9)14(19)20/h1-6,8H,7H2,(H,19,20). The molecule has 0 bridgehead atoms. The Morgan fingerprint density at radius 1 is 1.25 bits per heavy atom. The highest BCUT2D eigenvalue weighted by molar-refractivity contribution is 9.10. The normalized spacial score (nSPS) is 10.8. The molecule has 1 N–H and O–H groups in total. The van der Waals surface area contributed by atoms with Crippen LogP contribution in [0, 0.1) is 0 Å². The lowest BCUT2D eigenvalue weighted by atomic mass is 10.1. The number of nitrogens with zero attached hydrogens (tertiary/aromatic N) is 3. The molecule has 0 unspecified atom stereocenters. The molecule has 1 aromatic carbocycles. The Bertz CT molecular complexity index is 781. The molecule has 3 aromatic rings. The van der Waals surface area contributed by atoms with Gasteiger partial charge in [-0.1, -0.05) is 12.1 Å². The van der Waals surface area contributed by atoms with Gasteiger partial charge in [0.1, 0.15) is 5.52 Å². The number of carboxylic acid groups (broad SMARTS) is 1. The Hall–Kier alpha value is -2.21. The van der Waals surface area contributed by atoms with Crippen molar-refractivity contribution in [1.29, 1.82) is 0 Å². The molecule has 6 heteroatoms. The van der Waals surface area contributed by atoms with Crippen LogP contribution in [0.1, 0.15) is 15.9 Å². The summed E-state index contributed by atoms with van der Waals surface area (Å²) >= 11 is 3.36. The smallest absolute Gasteiger partial charge is 0.335 e. The van der Waals surface area contributed by atoms with E-state index in [1.807, 2.05) is 10.6 Å². The summed E-state index contributed by atoms with van der Waals surface area (Å²) in [5.41, 5.74) is 2.90. The molecular formula is C14H10BrN3O2. The van der Waals surface area contributed by atoms with Crippen LogP contribution in [0.2, 0.25) is 0 Å². The molecule has 5 nitrogen and oxygen atoms in total. The van der Waals surface area contributed by atoms with Crippen LogP contribution in [0.5, 0.6) is 0 Å². The quantitative estimate of drug-likeness (QED) is 0.801. The fraction of sp³-hybridized carbons (Fsp3) is 0.0714. The number of fused-ring (bicyclic) bond motifs is 1. The van der Waals surface area contributed by atoms with Gasteiger partial charge in [-0.3, -0.25) is 0 Å². The number of aromatic carboxylic acids is 1. The first kappa shape index (κ1) is 12.8. The van der Waals surface area contributed by atoms with Crippen LogP contribution < -0.4 is 0 Å². The minimum absolute atomic E-state index is 0.284. The molecule has 0 aliphatic carbocycles. The maximum atomic E-state index is 10.8. The lowest BCUT2D eigenvalue weighted by molar-refractivity contribution is 0.0697. The number of benzene rings is 1. The molecule has 3 rings (SSSR count). The molecule has 0 aliphatic heterocycles. The van der Waals surface area contributed by atoms with Gasteiger partial charge in [0.05, 0.1) is 18.4 Å². The van der Waals surface area contributed by atoms with Crippen LogP contribution >= 0.6 is 15.9 Å². The van der Waals surface area contributed by atoms with Gasteiger partial charge in [-0.2, -0.15) is 0 Å². The van der Waals surface area contributed by atoms with Crippen LogP contribution in [-0.2, 0) is 6.54 Å². The first-order valence-electron chi connectivity index (χ1n) is 5.92. The van der Waals surface area contributed by atoms with Gasteiger partial charge in [-0.05, 0) is 39.7 Å². The molecule has 0 spiro atoms. The summed E-state index contributed by atoms with van der Waals surface area (Å²) in [6, 6.07) is 8.70. The van der Waals surface area contributed by atoms with E-state index in [1.54, 1.807) is 36.8 Å². The van der Waals surface area contributed by atoms with Crippen LogP contribution in [0.15, 0.2) is 47.3 Å². The van der Waals surface area contributed by atoms with Gasteiger partial charge in [-0.15, -0.1) is 0 Å². The molecule has 0 aliphatic rings. The van der Waals surface area contributed by atoms with E-state index in [9.17, 15) is 4.79 Å². The van der Waals surface area contributed by atoms with Gasteiger partial charge in [0.15, 0.2) is 5.65 Å². The van der Waals surface area contributed by atoms with E-state index in [1.165, 1.54) is 0 Å². The number of carboxylic acids is 1. The minimum Gasteiger partial charge on any atom is -0.478 e. The number of rotatable bonds is 3. The highest BCUT2D eigenvalue weighted by atomic mass is 79.9. The Morgan fingerprint density at radius 3 is 2.70 bits per heavy atom. The molecule has 0 fully saturated rings. The predicted molar refractivity (Wildman–Crippen MR) is 77.7 cm³/mol. The second-order valence-corrected chi connectivity index (χ2v) is 5.29. The van der Waals surface area contributed by atoms with Crippen molar-refractivity contribution in [2.45, 2.75) is 6.54 Å². The topological polar surface area (TPSA) is 68.0 Å². The van der Waals surface area contributed by atoms with Crippen molar-refractivity contribution in [3.63, 3.8) is 0 Å². The zero-order valence-corrected chi connectivity index (χ0v) is 11.9. The van der Waals surface area contributed by atoms with Crippen LogP contribution in [0.3, 0.4) is 0 Å². The molecule has 0 saturated carbocycles. The number of halogens is 1. The average molecular weight is 332 g/mol. The summed E-state index contributed by atoms with van der Waals surface area (Å²) < 4.78 is 2.82. The third-order valence-electron chi connectivity index (χ3n) is 2.98. The van der Waals surface area contributed by atoms with Gasteiger partial charge < -0.3 is 9.67 Å². The first-order chi connectivity index (χ1) is 9.63. The predicted octanol–water partition coefficient (Wildman–Crippen LogP) is 2.94. The third kappa shape index (κ3) is 2.42. The number of hydrogen-bond acceptors (Lipinski definition) is 3. The van der Waals surface area contributed by atoms with E-state index in [4.69, 9.17) is 5.11 Å². The third-order valence-corrected chi connectivity index (χ3v) is 3.41. The summed E-state index contributed by atoms with van der Waals surface area (Å²) in [6.45, 7) is 0.602. The van der Waals surface area contributed by atoms with Crippen molar-refractivity contribution in [3.8, 4) is 0 Å². The van der Waals surface area contributed by atoms with Crippen molar-refractivity contribution in [1.82, 2.24) is 14.5 Å². The van der Waals surface area contributed by atoms with E-state index in [0.29, 0.717) is 6.54 Å². The van der Waals surface area contributed by atoms with Crippen LogP contribution in [0.4, 0.5) is 0 Å². The summed E-state index contributed by atoms with van der Waals surface area (Å²) in [4.78, 5) is 19.4. The van der Waals surface area contributed by atoms with Crippen molar-refractivity contribution >= 4 is 33.1 Å². The first-order valence-corrected chi connectivity index (χ1v) is 6.71. The van der Waals surface area contributed by atoms with Gasteiger partial charge in [0.25, 0.3) is 0 Å². The van der Waals surface area contributed by atoms with E-state index >= 15 is 0 Å². The zero-order chi connectivity index (χ0) is 14.1. The van der Waals surface area contributed by atoms with Crippen molar-refractivity contribution in [3.05, 3.63) is 58.5 Å². The molecule has 100 valence electrons. The number of carbonyl (C=O) groups is 1. The average Bonchev–Trinajstić information content (AvgIpc) is 2.81. The summed E-state index contributed by atoms with van der Waals surface area (Å²) in [7, 11) is 0. The highest BCUT2D eigenvalue weighted by Gasteiger charge is 2.06. The summed E-state index contributed by atoms with van der Waals surface area (Å²) in [6.07, 6.45) is 3.46. The van der Waals surface area contributed by atoms with Gasteiger partial charge in [0, 0.05) is 10.7 Å². The lowest BCUT2D eigenvalue weighted by Gasteiger charge is -2.04. The largest absolute Gasteiger partial charge is 0.478 e. The number of aromatic nitrogens is 3. The maximum Gasteiger partial charge on any atom is 0.335 e. The Balaban J connectivity index is 1.91. The SMILES string of the molecule is O=C(O)c1ccc(Cn2cnc3cc(Br)cnc32)cc1. The van der Waals surface area contributed by atoms with Gasteiger partial charge >= 0.3 is 5.97 Å². The number of hydrogen-bond donors (Lipinski definition) is 1. The monoisotopic (exact) mass is 331 g/mol. The lowest BCUT2D eigenvalue weighted by Crippen LogP contribution is -2.01. The second kappa shape index (κ2) is 5.05. The molecule has 0 amide bonds. The zero-order valence-electron chi connectivity index (χ0n) is 10.3. The molecule has 0 atom stereocenters. The van der Waals surface area contributed by atoms with Crippen molar-refractivity contribution in [2.75, 3.05) is 0 Å². The van der Waals surface area contributed by atoms with Gasteiger partial charge in [0.2, 0.25) is 0 Å². The summed E-state index contributed by atoms with van der Waals surface area (Å²) in [5.74, 6) is -0.920. The van der Waals surface area contributed by atoms with E-state index in [2.05, 4.69) is 25.9 Å². The van der Waals surface area contributed by atoms with Crippen LogP contribution in [-0.4, -0.2) is 25.6 Å². The molecule has 2 heterocycles. The number of imidazole rings is 1. The van der Waals surface area contributed by atoms with Crippen molar-refractivity contribution < 1.29 is 9.90 Å². The molecular weight excluding hydrogens is 322 g/mol. The summed E-state index contributed by atoms with van der Waals surface area (Å²) in [5, 5.41) is 8.87.